The molecule has 1 aromatic rings. The first-order valence-electron chi connectivity index (χ1n) is 6.42. The monoisotopic (exact) mass is 278 g/mol. The summed E-state index contributed by atoms with van der Waals surface area (Å²) in [6, 6.07) is 4.12. The van der Waals surface area contributed by atoms with Crippen LogP contribution in [0, 0.1) is 16.0 Å². The van der Waals surface area contributed by atoms with Gasteiger partial charge in [0.2, 0.25) is 0 Å². The summed E-state index contributed by atoms with van der Waals surface area (Å²) in [7, 11) is 0. The Hall–Kier alpha value is -2.15. The molecule has 0 spiro atoms. The lowest BCUT2D eigenvalue weighted by Crippen LogP contribution is -2.45. The number of carbonyl (C=O) groups is 1. The van der Waals surface area contributed by atoms with Gasteiger partial charge in [-0.15, -0.1) is 0 Å². The van der Waals surface area contributed by atoms with E-state index >= 15 is 0 Å². The highest BCUT2D eigenvalue weighted by Gasteiger charge is 2.39. The zero-order valence-corrected chi connectivity index (χ0v) is 11.5. The van der Waals surface area contributed by atoms with Gasteiger partial charge in [-0.1, -0.05) is 0 Å². The van der Waals surface area contributed by atoms with Gasteiger partial charge >= 0.3 is 0 Å². The number of anilines is 1. The van der Waals surface area contributed by atoms with Crippen molar-refractivity contribution in [1.29, 1.82) is 0 Å². The fraction of sp³-hybridized carbons (Fsp3) is 0.462. The number of amides is 1. The Morgan fingerprint density at radius 1 is 1.45 bits per heavy atom. The number of rotatable bonds is 5. The molecule has 0 radical (unpaired) electrons. The van der Waals surface area contributed by atoms with Crippen LogP contribution >= 0.6 is 0 Å². The molecule has 20 heavy (non-hydrogen) atoms. The normalized spacial score (nSPS) is 14.8. The van der Waals surface area contributed by atoms with Gasteiger partial charge < -0.3 is 10.7 Å². The Kier molecular flexibility index (Phi) is 3.63. The molecule has 7 heteroatoms. The van der Waals surface area contributed by atoms with Crippen molar-refractivity contribution in [1.82, 2.24) is 5.32 Å². The third kappa shape index (κ3) is 2.88. The van der Waals surface area contributed by atoms with E-state index in [0.29, 0.717) is 11.6 Å². The van der Waals surface area contributed by atoms with Gasteiger partial charge in [0.1, 0.15) is 5.56 Å². The van der Waals surface area contributed by atoms with E-state index < -0.39 is 10.8 Å². The SMILES string of the molecule is CC(C)(NC(=O)c1cc(NN)ccc1[N+](=O)[O-])C1CC1. The van der Waals surface area contributed by atoms with Crippen LogP contribution in [0.2, 0.25) is 0 Å². The van der Waals surface area contributed by atoms with Crippen molar-refractivity contribution in [3.63, 3.8) is 0 Å². The van der Waals surface area contributed by atoms with Crippen LogP contribution in [-0.4, -0.2) is 16.4 Å². The maximum atomic E-state index is 12.3. The maximum Gasteiger partial charge on any atom is 0.282 e. The number of nitrogens with one attached hydrogen (secondary N) is 2. The standard InChI is InChI=1S/C13H18N4O3/c1-13(2,8-3-4-8)15-12(18)10-7-9(16-14)5-6-11(10)17(19)20/h5-8,16H,3-4,14H2,1-2H3,(H,15,18). The van der Waals surface area contributed by atoms with E-state index in [0.717, 1.165) is 12.8 Å². The maximum absolute atomic E-state index is 12.3. The molecule has 0 aliphatic heterocycles. The molecule has 7 nitrogen and oxygen atoms in total. The molecule has 108 valence electrons. The van der Waals surface area contributed by atoms with Crippen molar-refractivity contribution in [2.45, 2.75) is 32.2 Å². The van der Waals surface area contributed by atoms with E-state index in [2.05, 4.69) is 10.7 Å². The number of nitro groups is 1. The average Bonchev–Trinajstić information content (AvgIpc) is 3.21. The molecule has 0 atom stereocenters. The first kappa shape index (κ1) is 14.3. The third-order valence-corrected chi connectivity index (χ3v) is 3.64. The molecule has 0 aromatic heterocycles. The molecule has 1 fully saturated rings. The van der Waals surface area contributed by atoms with Crippen LogP contribution in [0.4, 0.5) is 11.4 Å². The number of nitrogen functional groups attached to an aromatic ring is 1. The Balaban J connectivity index is 2.29. The molecule has 1 amide bonds. The van der Waals surface area contributed by atoms with Crippen molar-refractivity contribution in [2.24, 2.45) is 11.8 Å². The highest BCUT2D eigenvalue weighted by Crippen LogP contribution is 2.39. The van der Waals surface area contributed by atoms with Gasteiger partial charge in [-0.05, 0) is 44.7 Å². The Labute approximate surface area is 116 Å². The van der Waals surface area contributed by atoms with E-state index in [1.54, 1.807) is 0 Å². The van der Waals surface area contributed by atoms with Crippen LogP contribution in [0.15, 0.2) is 18.2 Å². The summed E-state index contributed by atoms with van der Waals surface area (Å²) in [4.78, 5) is 22.7. The minimum absolute atomic E-state index is 0.0131. The molecule has 0 saturated heterocycles. The van der Waals surface area contributed by atoms with Crippen LogP contribution in [0.3, 0.4) is 0 Å². The van der Waals surface area contributed by atoms with E-state index in [1.165, 1.54) is 18.2 Å². The summed E-state index contributed by atoms with van der Waals surface area (Å²) in [5.74, 6) is 5.26. The summed E-state index contributed by atoms with van der Waals surface area (Å²) >= 11 is 0. The van der Waals surface area contributed by atoms with Gasteiger partial charge in [-0.25, -0.2) is 0 Å². The summed E-state index contributed by atoms with van der Waals surface area (Å²) in [6.45, 7) is 3.86. The van der Waals surface area contributed by atoms with Crippen molar-refractivity contribution >= 4 is 17.3 Å². The number of nitro benzene ring substituents is 1. The molecular weight excluding hydrogens is 260 g/mol. The van der Waals surface area contributed by atoms with E-state index in [1.807, 2.05) is 13.8 Å². The number of hydrazine groups is 1. The number of nitrogens with two attached hydrogens (primary N) is 1. The molecule has 1 aromatic carbocycles. The van der Waals surface area contributed by atoms with Crippen LogP contribution in [0.1, 0.15) is 37.0 Å². The first-order chi connectivity index (χ1) is 9.35. The lowest BCUT2D eigenvalue weighted by atomic mass is 9.98. The van der Waals surface area contributed by atoms with E-state index in [9.17, 15) is 14.9 Å². The Morgan fingerprint density at radius 2 is 2.10 bits per heavy atom. The minimum Gasteiger partial charge on any atom is -0.347 e. The molecule has 4 N–H and O–H groups in total. The number of nitrogens with zero attached hydrogens (tertiary/aromatic N) is 1. The highest BCUT2D eigenvalue weighted by atomic mass is 16.6. The number of hydrogen-bond acceptors (Lipinski definition) is 5. The van der Waals surface area contributed by atoms with Gasteiger partial charge in [0, 0.05) is 17.3 Å². The smallest absolute Gasteiger partial charge is 0.282 e. The largest absolute Gasteiger partial charge is 0.347 e. The third-order valence-electron chi connectivity index (χ3n) is 3.64. The molecular formula is C13H18N4O3. The van der Waals surface area contributed by atoms with Crippen LogP contribution in [-0.2, 0) is 0 Å². The van der Waals surface area contributed by atoms with Crippen molar-refractivity contribution < 1.29 is 9.72 Å². The summed E-state index contributed by atoms with van der Waals surface area (Å²) < 4.78 is 0. The second kappa shape index (κ2) is 5.09. The topological polar surface area (TPSA) is 110 Å². The number of benzene rings is 1. The van der Waals surface area contributed by atoms with Crippen LogP contribution in [0.25, 0.3) is 0 Å². The Bertz CT molecular complexity index is 553. The zero-order chi connectivity index (χ0) is 14.9. The highest BCUT2D eigenvalue weighted by molar-refractivity contribution is 5.99. The molecule has 0 heterocycles. The average molecular weight is 278 g/mol. The molecule has 2 rings (SSSR count). The predicted molar refractivity (Wildman–Crippen MR) is 75.2 cm³/mol. The van der Waals surface area contributed by atoms with Crippen molar-refractivity contribution in [3.05, 3.63) is 33.9 Å². The fourth-order valence-corrected chi connectivity index (χ4v) is 2.23. The lowest BCUT2D eigenvalue weighted by Gasteiger charge is -2.26. The fourth-order valence-electron chi connectivity index (χ4n) is 2.23. The summed E-state index contributed by atoms with van der Waals surface area (Å²) in [6.07, 6.45) is 2.14. The van der Waals surface area contributed by atoms with Crippen molar-refractivity contribution in [3.8, 4) is 0 Å². The zero-order valence-electron chi connectivity index (χ0n) is 11.5. The molecule has 1 aliphatic rings. The van der Waals surface area contributed by atoms with Gasteiger partial charge in [-0.2, -0.15) is 0 Å². The molecule has 1 aliphatic carbocycles. The quantitative estimate of drug-likeness (QED) is 0.432. The Morgan fingerprint density at radius 3 is 2.60 bits per heavy atom. The lowest BCUT2D eigenvalue weighted by molar-refractivity contribution is -0.385. The minimum atomic E-state index is -0.570. The van der Waals surface area contributed by atoms with Crippen LogP contribution in [0.5, 0.6) is 0 Å². The van der Waals surface area contributed by atoms with Gasteiger partial charge in [-0.3, -0.25) is 20.8 Å². The van der Waals surface area contributed by atoms with Gasteiger partial charge in [0.15, 0.2) is 0 Å². The second-order valence-electron chi connectivity index (χ2n) is 5.58. The summed E-state index contributed by atoms with van der Waals surface area (Å²) in [5, 5.41) is 13.9. The van der Waals surface area contributed by atoms with Gasteiger partial charge in [0.05, 0.1) is 4.92 Å². The van der Waals surface area contributed by atoms with Gasteiger partial charge in [0.25, 0.3) is 11.6 Å². The summed E-state index contributed by atoms with van der Waals surface area (Å²) in [5.41, 5.74) is 2.25. The predicted octanol–water partition coefficient (Wildman–Crippen LogP) is 1.80. The molecule has 0 bridgehead atoms. The number of carbonyl (C=O) groups excluding carboxylic acids is 1. The molecule has 1 saturated carbocycles. The van der Waals surface area contributed by atoms with E-state index in [-0.39, 0.29) is 16.8 Å². The van der Waals surface area contributed by atoms with Crippen molar-refractivity contribution in [2.75, 3.05) is 5.43 Å². The molecule has 0 unspecified atom stereocenters. The van der Waals surface area contributed by atoms with E-state index in [4.69, 9.17) is 5.84 Å². The second-order valence-corrected chi connectivity index (χ2v) is 5.58. The first-order valence-corrected chi connectivity index (χ1v) is 6.42. The van der Waals surface area contributed by atoms with Crippen LogP contribution < -0.4 is 16.6 Å². The number of hydrogen-bond donors (Lipinski definition) is 3.